The van der Waals surface area contributed by atoms with Gasteiger partial charge in [0, 0.05) is 12.1 Å². The Bertz CT molecular complexity index is 759. The average Bonchev–Trinajstić information content (AvgIpc) is 2.88. The van der Waals surface area contributed by atoms with E-state index in [-0.39, 0.29) is 5.78 Å². The van der Waals surface area contributed by atoms with E-state index in [1.807, 2.05) is 54.6 Å². The van der Waals surface area contributed by atoms with Gasteiger partial charge >= 0.3 is 0 Å². The van der Waals surface area contributed by atoms with Crippen LogP contribution in [0.3, 0.4) is 0 Å². The van der Waals surface area contributed by atoms with Crippen molar-refractivity contribution in [1.29, 1.82) is 0 Å². The Hall–Kier alpha value is -2.13. The van der Waals surface area contributed by atoms with Crippen LogP contribution in [0.4, 0.5) is 0 Å². The molecular formula is C31H47NO2. The van der Waals surface area contributed by atoms with Crippen molar-refractivity contribution >= 4 is 5.78 Å². The molecule has 2 rings (SSSR count). The van der Waals surface area contributed by atoms with Gasteiger partial charge in [0.15, 0.2) is 11.5 Å². The summed E-state index contributed by atoms with van der Waals surface area (Å²) in [5, 5.41) is 0. The maximum Gasteiger partial charge on any atom is 0.196 e. The molecule has 0 saturated heterocycles. The number of para-hydroxylation sites is 1. The lowest BCUT2D eigenvalue weighted by atomic mass is 10.0. The lowest BCUT2D eigenvalue weighted by Crippen LogP contribution is -2.21. The molecule has 0 aliphatic heterocycles. The largest absolute Gasteiger partial charge is 0.408 e. The van der Waals surface area contributed by atoms with E-state index in [9.17, 15) is 4.79 Å². The summed E-state index contributed by atoms with van der Waals surface area (Å²) in [6, 6.07) is 16.8. The predicted octanol–water partition coefficient (Wildman–Crippen LogP) is 9.06. The number of rotatable bonds is 21. The van der Waals surface area contributed by atoms with Crippen LogP contribution in [0, 0.1) is 0 Å². The Morgan fingerprint density at radius 3 is 1.65 bits per heavy atom. The first-order valence-electron chi connectivity index (χ1n) is 13.9. The average molecular weight is 466 g/mol. The Kier molecular flexibility index (Phi) is 15.9. The van der Waals surface area contributed by atoms with Crippen molar-refractivity contribution in [3.8, 4) is 5.75 Å². The quantitative estimate of drug-likeness (QED) is 0.113. The number of carbonyl (C=O) groups excluding carboxylic acids is 1. The summed E-state index contributed by atoms with van der Waals surface area (Å²) in [5.41, 5.74) is 4.31. The number of hydrogen-bond donors (Lipinski definition) is 1. The highest BCUT2D eigenvalue weighted by molar-refractivity contribution is 6.10. The van der Waals surface area contributed by atoms with Gasteiger partial charge in [0.25, 0.3) is 0 Å². The van der Waals surface area contributed by atoms with E-state index >= 15 is 0 Å². The zero-order chi connectivity index (χ0) is 24.1. The smallest absolute Gasteiger partial charge is 0.196 e. The number of unbranched alkanes of at least 4 members (excludes halogenated alkanes) is 15. The minimum Gasteiger partial charge on any atom is -0.408 e. The van der Waals surface area contributed by atoms with Crippen molar-refractivity contribution in [2.24, 2.45) is 0 Å². The zero-order valence-corrected chi connectivity index (χ0v) is 21.5. The first kappa shape index (κ1) is 28.1. The van der Waals surface area contributed by atoms with Gasteiger partial charge < -0.3 is 4.84 Å². The fourth-order valence-corrected chi connectivity index (χ4v) is 4.36. The minimum absolute atomic E-state index is 0.0135. The van der Waals surface area contributed by atoms with Gasteiger partial charge in [-0.3, -0.25) is 4.79 Å². The molecule has 2 aromatic carbocycles. The van der Waals surface area contributed by atoms with Crippen LogP contribution in [0.2, 0.25) is 0 Å². The molecule has 0 unspecified atom stereocenters. The maximum atomic E-state index is 12.8. The second-order valence-electron chi connectivity index (χ2n) is 9.49. The number of hydrogen-bond acceptors (Lipinski definition) is 3. The summed E-state index contributed by atoms with van der Waals surface area (Å²) in [6.07, 6.45) is 21.9. The summed E-state index contributed by atoms with van der Waals surface area (Å²) < 4.78 is 0. The fourth-order valence-electron chi connectivity index (χ4n) is 4.36. The van der Waals surface area contributed by atoms with Crippen LogP contribution in [-0.4, -0.2) is 12.3 Å². The fraction of sp³-hybridized carbons (Fsp3) is 0.581. The van der Waals surface area contributed by atoms with Crippen molar-refractivity contribution in [2.75, 3.05) is 6.54 Å². The van der Waals surface area contributed by atoms with Gasteiger partial charge in [-0.2, -0.15) is 5.48 Å². The van der Waals surface area contributed by atoms with E-state index in [1.165, 1.54) is 96.3 Å². The van der Waals surface area contributed by atoms with Gasteiger partial charge in [0.1, 0.15) is 0 Å². The van der Waals surface area contributed by atoms with Crippen molar-refractivity contribution in [1.82, 2.24) is 5.48 Å². The molecule has 0 aliphatic rings. The summed E-state index contributed by atoms with van der Waals surface area (Å²) in [7, 11) is 0. The highest BCUT2D eigenvalue weighted by Crippen LogP contribution is 2.21. The van der Waals surface area contributed by atoms with Gasteiger partial charge in [0.05, 0.1) is 5.56 Å². The van der Waals surface area contributed by atoms with E-state index in [1.54, 1.807) is 0 Å². The molecule has 0 bridgehead atoms. The number of hydroxylamine groups is 1. The minimum atomic E-state index is -0.0135. The van der Waals surface area contributed by atoms with Gasteiger partial charge in [-0.15, -0.1) is 0 Å². The van der Waals surface area contributed by atoms with E-state index in [2.05, 4.69) is 12.4 Å². The molecule has 2 aromatic rings. The standard InChI is InChI=1S/C31H47NO2/c1-2-3-4-5-6-7-8-9-10-11-12-13-14-15-16-22-27-32-34-30-26-21-20-25-29(30)31(33)28-23-18-17-19-24-28/h17-21,23-26,32H,2-16,22,27H2,1H3. The summed E-state index contributed by atoms with van der Waals surface area (Å²) in [4.78, 5) is 18.5. The third-order valence-corrected chi connectivity index (χ3v) is 6.48. The lowest BCUT2D eigenvalue weighted by molar-refractivity contribution is 0.102. The van der Waals surface area contributed by atoms with Crippen LogP contribution in [0.25, 0.3) is 0 Å². The molecule has 0 amide bonds. The van der Waals surface area contributed by atoms with Crippen molar-refractivity contribution in [3.05, 3.63) is 65.7 Å². The lowest BCUT2D eigenvalue weighted by Gasteiger charge is -2.11. The first-order valence-corrected chi connectivity index (χ1v) is 13.9. The number of carbonyl (C=O) groups is 1. The number of benzene rings is 2. The molecule has 0 atom stereocenters. The van der Waals surface area contributed by atoms with Crippen molar-refractivity contribution in [2.45, 2.75) is 110 Å². The Balaban J connectivity index is 1.43. The van der Waals surface area contributed by atoms with Gasteiger partial charge in [0.2, 0.25) is 0 Å². The molecule has 0 spiro atoms. The molecule has 3 nitrogen and oxygen atoms in total. The SMILES string of the molecule is CCCCCCCCCCCCCCCCCCNOc1ccccc1C(=O)c1ccccc1. The van der Waals surface area contributed by atoms with E-state index in [4.69, 9.17) is 4.84 Å². The monoisotopic (exact) mass is 465 g/mol. The van der Waals surface area contributed by atoms with Crippen molar-refractivity contribution < 1.29 is 9.63 Å². The Labute approximate surface area is 208 Å². The van der Waals surface area contributed by atoms with Crippen LogP contribution in [0.1, 0.15) is 126 Å². The molecule has 0 aromatic heterocycles. The number of ketones is 1. The second-order valence-corrected chi connectivity index (χ2v) is 9.49. The third kappa shape index (κ3) is 12.4. The van der Waals surface area contributed by atoms with Crippen LogP contribution in [-0.2, 0) is 0 Å². The molecule has 0 fully saturated rings. The predicted molar refractivity (Wildman–Crippen MR) is 144 cm³/mol. The van der Waals surface area contributed by atoms with Crippen LogP contribution < -0.4 is 10.3 Å². The number of nitrogens with one attached hydrogen (secondary N) is 1. The zero-order valence-electron chi connectivity index (χ0n) is 21.5. The Morgan fingerprint density at radius 1 is 0.618 bits per heavy atom. The molecule has 0 aliphatic carbocycles. The summed E-state index contributed by atoms with van der Waals surface area (Å²) in [6.45, 7) is 3.08. The van der Waals surface area contributed by atoms with Gasteiger partial charge in [-0.05, 0) is 18.6 Å². The summed E-state index contributed by atoms with van der Waals surface area (Å²) in [5.74, 6) is 0.577. The highest BCUT2D eigenvalue weighted by Gasteiger charge is 2.14. The maximum absolute atomic E-state index is 12.8. The van der Waals surface area contributed by atoms with E-state index in [0.29, 0.717) is 16.9 Å². The molecule has 188 valence electrons. The second kappa shape index (κ2) is 19.2. The molecular weight excluding hydrogens is 418 g/mol. The van der Waals surface area contributed by atoms with Crippen LogP contribution >= 0.6 is 0 Å². The van der Waals surface area contributed by atoms with Crippen LogP contribution in [0.15, 0.2) is 54.6 Å². The molecule has 1 N–H and O–H groups in total. The Morgan fingerprint density at radius 2 is 1.09 bits per heavy atom. The molecule has 0 radical (unpaired) electrons. The first-order chi connectivity index (χ1) is 16.8. The van der Waals surface area contributed by atoms with E-state index < -0.39 is 0 Å². The third-order valence-electron chi connectivity index (χ3n) is 6.48. The van der Waals surface area contributed by atoms with Crippen molar-refractivity contribution in [3.63, 3.8) is 0 Å². The topological polar surface area (TPSA) is 38.3 Å². The summed E-state index contributed by atoms with van der Waals surface area (Å²) >= 11 is 0. The molecule has 34 heavy (non-hydrogen) atoms. The normalized spacial score (nSPS) is 11.0. The van der Waals surface area contributed by atoms with E-state index in [0.717, 1.165) is 13.0 Å². The van der Waals surface area contributed by atoms with Crippen LogP contribution in [0.5, 0.6) is 5.75 Å². The van der Waals surface area contributed by atoms with Gasteiger partial charge in [-0.1, -0.05) is 146 Å². The molecule has 3 heteroatoms. The van der Waals surface area contributed by atoms with Gasteiger partial charge in [-0.25, -0.2) is 0 Å². The molecule has 0 saturated carbocycles. The molecule has 0 heterocycles. The highest BCUT2D eigenvalue weighted by atomic mass is 16.6.